The Labute approximate surface area is 104 Å². The molecule has 0 unspecified atom stereocenters. The largest absolute Gasteiger partial charge is 0.497 e. The van der Waals surface area contributed by atoms with Crippen molar-refractivity contribution in [2.24, 2.45) is 0 Å². The van der Waals surface area contributed by atoms with Gasteiger partial charge >= 0.3 is 0 Å². The Morgan fingerprint density at radius 1 is 1.31 bits per heavy atom. The molecule has 0 bridgehead atoms. The Kier molecular flexibility index (Phi) is 3.15. The van der Waals surface area contributed by atoms with Crippen LogP contribution in [0.4, 0.5) is 0 Å². The van der Waals surface area contributed by atoms with Crippen LogP contribution in [0.15, 0.2) is 28.9 Å². The summed E-state index contributed by atoms with van der Waals surface area (Å²) in [5.41, 5.74) is 2.28. The quantitative estimate of drug-likeness (QED) is 0.825. The average molecular weight is 280 g/mol. The van der Waals surface area contributed by atoms with Gasteiger partial charge in [-0.05, 0) is 39.5 Å². The Morgan fingerprint density at radius 3 is 2.69 bits per heavy atom. The minimum atomic E-state index is 0.466. The molecule has 0 aliphatic heterocycles. The van der Waals surface area contributed by atoms with Gasteiger partial charge in [-0.3, -0.25) is 4.98 Å². The Hall–Kier alpha value is -1.09. The van der Waals surface area contributed by atoms with Crippen LogP contribution in [-0.2, 0) is 0 Å². The van der Waals surface area contributed by atoms with E-state index < -0.39 is 0 Å². The number of ether oxygens (including phenoxy) is 1. The standard InChI is InChI=1S/C13H14BrNO/c1-8(2)13-10-5-4-9(16-3)6-12(10)15-7-11(13)14/h4-8H,1-3H3. The van der Waals surface area contributed by atoms with Crippen molar-refractivity contribution in [1.29, 1.82) is 0 Å². The number of fused-ring (bicyclic) bond motifs is 1. The van der Waals surface area contributed by atoms with Crippen LogP contribution in [0.3, 0.4) is 0 Å². The van der Waals surface area contributed by atoms with E-state index in [4.69, 9.17) is 4.74 Å². The first kappa shape index (κ1) is 11.4. The summed E-state index contributed by atoms with van der Waals surface area (Å²) in [6.07, 6.45) is 1.86. The van der Waals surface area contributed by atoms with Gasteiger partial charge < -0.3 is 4.74 Å². The molecule has 0 aliphatic rings. The fourth-order valence-corrected chi connectivity index (χ4v) is 2.66. The smallest absolute Gasteiger partial charge is 0.121 e. The average Bonchev–Trinajstić information content (AvgIpc) is 2.27. The number of benzene rings is 1. The van der Waals surface area contributed by atoms with Crippen molar-refractivity contribution >= 4 is 26.8 Å². The van der Waals surface area contributed by atoms with Crippen LogP contribution in [0.25, 0.3) is 10.9 Å². The van der Waals surface area contributed by atoms with Gasteiger partial charge in [0.25, 0.3) is 0 Å². The van der Waals surface area contributed by atoms with E-state index >= 15 is 0 Å². The van der Waals surface area contributed by atoms with Crippen LogP contribution < -0.4 is 4.74 Å². The molecule has 0 saturated heterocycles. The van der Waals surface area contributed by atoms with Gasteiger partial charge in [0.2, 0.25) is 0 Å². The molecule has 1 heterocycles. The van der Waals surface area contributed by atoms with Crippen molar-refractivity contribution in [2.45, 2.75) is 19.8 Å². The van der Waals surface area contributed by atoms with Crippen molar-refractivity contribution in [2.75, 3.05) is 7.11 Å². The zero-order chi connectivity index (χ0) is 11.7. The highest BCUT2D eigenvalue weighted by atomic mass is 79.9. The molecule has 0 radical (unpaired) electrons. The summed E-state index contributed by atoms with van der Waals surface area (Å²) in [7, 11) is 1.67. The van der Waals surface area contributed by atoms with E-state index in [0.717, 1.165) is 15.7 Å². The fraction of sp³-hybridized carbons (Fsp3) is 0.308. The van der Waals surface area contributed by atoms with Crippen molar-refractivity contribution in [1.82, 2.24) is 4.98 Å². The number of hydrogen-bond acceptors (Lipinski definition) is 2. The summed E-state index contributed by atoms with van der Waals surface area (Å²) in [4.78, 5) is 4.41. The maximum atomic E-state index is 5.20. The Bertz CT molecular complexity index is 523. The summed E-state index contributed by atoms with van der Waals surface area (Å²) in [6.45, 7) is 4.37. The lowest BCUT2D eigenvalue weighted by Crippen LogP contribution is -1.94. The number of rotatable bonds is 2. The molecule has 2 nitrogen and oxygen atoms in total. The molecule has 1 aromatic heterocycles. The van der Waals surface area contributed by atoms with E-state index in [1.807, 2.05) is 18.3 Å². The number of hydrogen-bond donors (Lipinski definition) is 0. The van der Waals surface area contributed by atoms with E-state index in [-0.39, 0.29) is 0 Å². The van der Waals surface area contributed by atoms with Crippen molar-refractivity contribution in [3.8, 4) is 5.75 Å². The minimum Gasteiger partial charge on any atom is -0.497 e. The lowest BCUT2D eigenvalue weighted by molar-refractivity contribution is 0.415. The lowest BCUT2D eigenvalue weighted by Gasteiger charge is -2.12. The van der Waals surface area contributed by atoms with E-state index in [1.54, 1.807) is 7.11 Å². The SMILES string of the molecule is COc1ccc2c(C(C)C)c(Br)cnc2c1. The third kappa shape index (κ3) is 1.92. The first-order valence-electron chi connectivity index (χ1n) is 5.25. The molecular weight excluding hydrogens is 266 g/mol. The van der Waals surface area contributed by atoms with Crippen LogP contribution in [0.5, 0.6) is 5.75 Å². The molecule has 0 aliphatic carbocycles. The number of aromatic nitrogens is 1. The normalized spacial score (nSPS) is 11.1. The molecule has 3 heteroatoms. The fourth-order valence-electron chi connectivity index (χ4n) is 1.88. The van der Waals surface area contributed by atoms with Crippen molar-refractivity contribution in [3.63, 3.8) is 0 Å². The number of nitrogens with zero attached hydrogens (tertiary/aromatic N) is 1. The second-order valence-corrected chi connectivity index (χ2v) is 4.91. The van der Waals surface area contributed by atoms with Crippen molar-refractivity contribution < 1.29 is 4.74 Å². The van der Waals surface area contributed by atoms with Gasteiger partial charge in [-0.25, -0.2) is 0 Å². The van der Waals surface area contributed by atoms with E-state index in [1.165, 1.54) is 10.9 Å². The highest BCUT2D eigenvalue weighted by molar-refractivity contribution is 9.10. The van der Waals surface area contributed by atoms with Gasteiger partial charge in [0.1, 0.15) is 5.75 Å². The van der Waals surface area contributed by atoms with Gasteiger partial charge in [-0.2, -0.15) is 0 Å². The van der Waals surface area contributed by atoms with Crippen LogP contribution >= 0.6 is 15.9 Å². The second-order valence-electron chi connectivity index (χ2n) is 4.06. The summed E-state index contributed by atoms with van der Waals surface area (Å²) >= 11 is 3.56. The van der Waals surface area contributed by atoms with Crippen LogP contribution in [0.1, 0.15) is 25.3 Å². The van der Waals surface area contributed by atoms with Gasteiger partial charge in [0.05, 0.1) is 12.6 Å². The lowest BCUT2D eigenvalue weighted by atomic mass is 9.99. The number of halogens is 1. The molecule has 2 aromatic rings. The predicted molar refractivity (Wildman–Crippen MR) is 70.1 cm³/mol. The maximum absolute atomic E-state index is 5.20. The highest BCUT2D eigenvalue weighted by Crippen LogP contribution is 2.32. The van der Waals surface area contributed by atoms with Crippen LogP contribution in [-0.4, -0.2) is 12.1 Å². The zero-order valence-corrected chi connectivity index (χ0v) is 11.2. The third-order valence-corrected chi connectivity index (χ3v) is 3.28. The Morgan fingerprint density at radius 2 is 2.06 bits per heavy atom. The highest BCUT2D eigenvalue weighted by Gasteiger charge is 2.10. The van der Waals surface area contributed by atoms with Crippen LogP contribution in [0, 0.1) is 0 Å². The van der Waals surface area contributed by atoms with Crippen LogP contribution in [0.2, 0.25) is 0 Å². The predicted octanol–water partition coefficient (Wildman–Crippen LogP) is 4.13. The minimum absolute atomic E-state index is 0.466. The Balaban J connectivity index is 2.74. The van der Waals surface area contributed by atoms with Gasteiger partial charge in [0.15, 0.2) is 0 Å². The molecule has 1 aromatic carbocycles. The molecule has 84 valence electrons. The topological polar surface area (TPSA) is 22.1 Å². The molecule has 0 fully saturated rings. The van der Waals surface area contributed by atoms with E-state index in [9.17, 15) is 0 Å². The van der Waals surface area contributed by atoms with Crippen molar-refractivity contribution in [3.05, 3.63) is 34.4 Å². The second kappa shape index (κ2) is 4.42. The zero-order valence-electron chi connectivity index (χ0n) is 9.62. The molecule has 0 saturated carbocycles. The molecule has 2 rings (SSSR count). The first-order valence-corrected chi connectivity index (χ1v) is 6.05. The number of pyridine rings is 1. The van der Waals surface area contributed by atoms with E-state index in [0.29, 0.717) is 5.92 Å². The molecule has 0 atom stereocenters. The third-order valence-electron chi connectivity index (χ3n) is 2.65. The molecule has 0 amide bonds. The van der Waals surface area contributed by atoms with Gasteiger partial charge in [-0.1, -0.05) is 13.8 Å². The monoisotopic (exact) mass is 279 g/mol. The van der Waals surface area contributed by atoms with Gasteiger partial charge in [0, 0.05) is 22.1 Å². The summed E-state index contributed by atoms with van der Waals surface area (Å²) in [5.74, 6) is 1.31. The summed E-state index contributed by atoms with van der Waals surface area (Å²) < 4.78 is 6.27. The molecule has 0 spiro atoms. The molecule has 16 heavy (non-hydrogen) atoms. The molecular formula is C13H14BrNO. The first-order chi connectivity index (χ1) is 7.63. The summed E-state index contributed by atoms with van der Waals surface area (Å²) in [5, 5.41) is 1.19. The summed E-state index contributed by atoms with van der Waals surface area (Å²) in [6, 6.07) is 6.01. The van der Waals surface area contributed by atoms with E-state index in [2.05, 4.69) is 40.8 Å². The van der Waals surface area contributed by atoms with Gasteiger partial charge in [-0.15, -0.1) is 0 Å². The maximum Gasteiger partial charge on any atom is 0.121 e. The number of methoxy groups -OCH3 is 1. The molecule has 0 N–H and O–H groups in total.